The quantitative estimate of drug-likeness (QED) is 0.774. The molecule has 2 aliphatic heterocycles. The van der Waals surface area contributed by atoms with E-state index in [1.807, 2.05) is 11.6 Å². The lowest BCUT2D eigenvalue weighted by molar-refractivity contribution is -0.132. The highest BCUT2D eigenvalue weighted by Gasteiger charge is 2.51. The summed E-state index contributed by atoms with van der Waals surface area (Å²) in [5.41, 5.74) is -0.820. The van der Waals surface area contributed by atoms with E-state index in [4.69, 9.17) is 0 Å². The van der Waals surface area contributed by atoms with Gasteiger partial charge in [0.2, 0.25) is 0 Å². The molecule has 2 atom stereocenters. The van der Waals surface area contributed by atoms with Crippen molar-refractivity contribution in [3.05, 3.63) is 5.82 Å². The number of nitrogens with one attached hydrogen (secondary N) is 1. The van der Waals surface area contributed by atoms with Crippen LogP contribution < -0.4 is 5.32 Å². The van der Waals surface area contributed by atoms with E-state index >= 15 is 0 Å². The smallest absolute Gasteiger partial charge is 0.323 e. The number of imide groups is 1. The molecule has 132 valence electrons. The van der Waals surface area contributed by atoms with Crippen LogP contribution >= 0.6 is 0 Å². The number of hydrogen-bond acceptors (Lipinski definition) is 6. The normalized spacial score (nSPS) is 28.5. The van der Waals surface area contributed by atoms with Gasteiger partial charge in [-0.3, -0.25) is 14.6 Å². The first-order valence-corrected chi connectivity index (χ1v) is 8.53. The van der Waals surface area contributed by atoms with Gasteiger partial charge < -0.3 is 5.32 Å². The summed E-state index contributed by atoms with van der Waals surface area (Å²) in [7, 11) is 1.53. The number of aryl methyl sites for hydroxylation is 1. The number of hydrogen-bond donors (Lipinski definition) is 1. The maximum absolute atomic E-state index is 12.5. The van der Waals surface area contributed by atoms with Gasteiger partial charge in [-0.25, -0.2) is 9.48 Å². The van der Waals surface area contributed by atoms with Crippen molar-refractivity contribution in [2.45, 2.75) is 51.7 Å². The summed E-state index contributed by atoms with van der Waals surface area (Å²) in [6.45, 7) is 7.09. The highest BCUT2D eigenvalue weighted by molar-refractivity contribution is 6.06. The van der Waals surface area contributed by atoms with Gasteiger partial charge in [0.05, 0.1) is 6.54 Å². The van der Waals surface area contributed by atoms with Gasteiger partial charge in [-0.15, -0.1) is 5.10 Å². The summed E-state index contributed by atoms with van der Waals surface area (Å²) in [5, 5.41) is 14.8. The molecule has 0 bridgehead atoms. The Balaban J connectivity index is 1.69. The minimum Gasteiger partial charge on any atom is -0.323 e. The van der Waals surface area contributed by atoms with Crippen LogP contribution in [0.15, 0.2) is 0 Å². The van der Waals surface area contributed by atoms with E-state index in [0.717, 1.165) is 44.7 Å². The van der Waals surface area contributed by atoms with Crippen LogP contribution in [0.25, 0.3) is 0 Å². The number of aromatic nitrogens is 4. The Morgan fingerprint density at radius 2 is 2.17 bits per heavy atom. The third-order valence-electron chi connectivity index (χ3n) is 5.15. The first-order chi connectivity index (χ1) is 11.5. The molecule has 1 aromatic heterocycles. The lowest BCUT2D eigenvalue weighted by atomic mass is 9.80. The van der Waals surface area contributed by atoms with Crippen LogP contribution in [-0.2, 0) is 17.9 Å². The number of amides is 3. The van der Waals surface area contributed by atoms with Crippen molar-refractivity contribution < 1.29 is 9.59 Å². The molecule has 0 spiro atoms. The molecule has 2 aliphatic rings. The van der Waals surface area contributed by atoms with Crippen LogP contribution in [0.4, 0.5) is 4.79 Å². The SMILES string of the molecule is CCCn1nnnc1CN1CCC[C@H]([C@@]2(C)NC(=O)N(C)C2=O)C1. The van der Waals surface area contributed by atoms with Crippen molar-refractivity contribution in [3.63, 3.8) is 0 Å². The third-order valence-corrected chi connectivity index (χ3v) is 5.15. The lowest BCUT2D eigenvalue weighted by Gasteiger charge is -2.39. The number of carbonyl (C=O) groups excluding carboxylic acids is 2. The Hall–Kier alpha value is -2.03. The molecule has 2 saturated heterocycles. The van der Waals surface area contributed by atoms with Crippen molar-refractivity contribution in [1.29, 1.82) is 0 Å². The maximum Gasteiger partial charge on any atom is 0.324 e. The fourth-order valence-electron chi connectivity index (χ4n) is 3.67. The second-order valence-corrected chi connectivity index (χ2v) is 6.89. The van der Waals surface area contributed by atoms with E-state index in [2.05, 4.69) is 32.7 Å². The molecule has 3 amide bonds. The predicted molar refractivity (Wildman–Crippen MR) is 85.8 cm³/mol. The van der Waals surface area contributed by atoms with Gasteiger partial charge in [-0.05, 0) is 43.2 Å². The molecular formula is C15H25N7O2. The van der Waals surface area contributed by atoms with Crippen molar-refractivity contribution >= 4 is 11.9 Å². The van der Waals surface area contributed by atoms with Gasteiger partial charge in [0.1, 0.15) is 5.54 Å². The zero-order valence-electron chi connectivity index (χ0n) is 14.5. The largest absolute Gasteiger partial charge is 0.324 e. The zero-order valence-corrected chi connectivity index (χ0v) is 14.5. The molecule has 9 heteroatoms. The highest BCUT2D eigenvalue weighted by atomic mass is 16.2. The zero-order chi connectivity index (χ0) is 17.3. The topological polar surface area (TPSA) is 96.2 Å². The average molecular weight is 335 g/mol. The highest BCUT2D eigenvalue weighted by Crippen LogP contribution is 2.32. The molecule has 2 fully saturated rings. The lowest BCUT2D eigenvalue weighted by Crippen LogP contribution is -2.55. The van der Waals surface area contributed by atoms with Crippen LogP contribution in [0, 0.1) is 5.92 Å². The van der Waals surface area contributed by atoms with Crippen LogP contribution in [-0.4, -0.2) is 67.6 Å². The Kier molecular flexibility index (Phi) is 4.53. The molecular weight excluding hydrogens is 310 g/mol. The van der Waals surface area contributed by atoms with Crippen molar-refractivity contribution in [1.82, 2.24) is 35.3 Å². The van der Waals surface area contributed by atoms with Crippen molar-refractivity contribution in [3.8, 4) is 0 Å². The summed E-state index contributed by atoms with van der Waals surface area (Å²) in [6, 6.07) is -0.313. The number of carbonyl (C=O) groups is 2. The molecule has 0 aliphatic carbocycles. The Morgan fingerprint density at radius 1 is 1.38 bits per heavy atom. The summed E-state index contributed by atoms with van der Waals surface area (Å²) >= 11 is 0. The van der Waals surface area contributed by atoms with Gasteiger partial charge in [0.25, 0.3) is 5.91 Å². The summed E-state index contributed by atoms with van der Waals surface area (Å²) < 4.78 is 1.83. The molecule has 1 N–H and O–H groups in total. The number of urea groups is 1. The number of tetrazole rings is 1. The van der Waals surface area contributed by atoms with Crippen LogP contribution in [0.3, 0.4) is 0 Å². The summed E-state index contributed by atoms with van der Waals surface area (Å²) in [4.78, 5) is 27.8. The number of piperidine rings is 1. The number of likely N-dealkylation sites (N-methyl/N-ethyl adjacent to an activating group) is 1. The van der Waals surface area contributed by atoms with Gasteiger partial charge in [-0.2, -0.15) is 0 Å². The third kappa shape index (κ3) is 2.88. The predicted octanol–water partition coefficient (Wildman–Crippen LogP) is 0.235. The summed E-state index contributed by atoms with van der Waals surface area (Å²) in [5.74, 6) is 0.792. The minimum atomic E-state index is -0.820. The molecule has 3 rings (SSSR count). The molecule has 0 aromatic carbocycles. The first-order valence-electron chi connectivity index (χ1n) is 8.53. The van der Waals surface area contributed by atoms with Crippen LogP contribution in [0.1, 0.15) is 38.9 Å². The monoisotopic (exact) mass is 335 g/mol. The van der Waals surface area contributed by atoms with E-state index in [9.17, 15) is 9.59 Å². The molecule has 24 heavy (non-hydrogen) atoms. The number of likely N-dealkylation sites (tertiary alicyclic amines) is 1. The first kappa shape index (κ1) is 16.8. The van der Waals surface area contributed by atoms with E-state index < -0.39 is 5.54 Å². The summed E-state index contributed by atoms with van der Waals surface area (Å²) in [6.07, 6.45) is 2.89. The van der Waals surface area contributed by atoms with E-state index in [0.29, 0.717) is 6.54 Å². The molecule has 9 nitrogen and oxygen atoms in total. The Morgan fingerprint density at radius 3 is 2.83 bits per heavy atom. The van der Waals surface area contributed by atoms with Gasteiger partial charge in [0, 0.05) is 26.1 Å². The molecule has 0 radical (unpaired) electrons. The number of nitrogens with zero attached hydrogens (tertiary/aromatic N) is 6. The van der Waals surface area contributed by atoms with Gasteiger partial charge in [0.15, 0.2) is 5.82 Å². The van der Waals surface area contributed by atoms with Crippen molar-refractivity contribution in [2.75, 3.05) is 20.1 Å². The van der Waals surface area contributed by atoms with Gasteiger partial charge in [-0.1, -0.05) is 6.92 Å². The number of rotatable bonds is 5. The molecule has 3 heterocycles. The Labute approximate surface area is 141 Å². The minimum absolute atomic E-state index is 0.0863. The Bertz CT molecular complexity index is 631. The van der Waals surface area contributed by atoms with E-state index in [1.54, 1.807) is 0 Å². The van der Waals surface area contributed by atoms with Gasteiger partial charge >= 0.3 is 6.03 Å². The molecule has 1 aromatic rings. The average Bonchev–Trinajstić information content (AvgIpc) is 3.08. The fourth-order valence-corrected chi connectivity index (χ4v) is 3.67. The fraction of sp³-hybridized carbons (Fsp3) is 0.800. The van der Waals surface area contributed by atoms with E-state index in [-0.39, 0.29) is 17.9 Å². The van der Waals surface area contributed by atoms with E-state index in [1.165, 1.54) is 11.9 Å². The van der Waals surface area contributed by atoms with Crippen molar-refractivity contribution in [2.24, 2.45) is 5.92 Å². The maximum atomic E-state index is 12.5. The second kappa shape index (κ2) is 6.46. The molecule has 0 unspecified atom stereocenters. The second-order valence-electron chi connectivity index (χ2n) is 6.89. The van der Waals surface area contributed by atoms with Crippen LogP contribution in [0.5, 0.6) is 0 Å². The standard InChI is InChI=1S/C15H25N7O2/c1-4-7-22-12(17-18-19-22)10-21-8-5-6-11(9-21)15(2)13(23)20(3)14(24)16-15/h11H,4-10H2,1-3H3,(H,16,24)/t11-,15+/m0/s1. The molecule has 0 saturated carbocycles. The van der Waals surface area contributed by atoms with Crippen LogP contribution in [0.2, 0.25) is 0 Å².